The number of para-hydroxylation sites is 1. The van der Waals surface area contributed by atoms with Gasteiger partial charge in [-0.05, 0) is 69.2 Å². The summed E-state index contributed by atoms with van der Waals surface area (Å²) in [5.41, 5.74) is 1.14. The summed E-state index contributed by atoms with van der Waals surface area (Å²) >= 11 is 5.97. The van der Waals surface area contributed by atoms with Crippen LogP contribution < -0.4 is 9.62 Å². The Morgan fingerprint density at radius 1 is 0.974 bits per heavy atom. The largest absolute Gasteiger partial charge is 0.352 e. The molecule has 2 atom stereocenters. The van der Waals surface area contributed by atoms with Crippen LogP contribution in [0, 0.1) is 12.7 Å². The molecule has 39 heavy (non-hydrogen) atoms. The van der Waals surface area contributed by atoms with Crippen molar-refractivity contribution in [1.82, 2.24) is 10.2 Å². The van der Waals surface area contributed by atoms with Crippen LogP contribution in [-0.2, 0) is 26.2 Å². The first-order chi connectivity index (χ1) is 18.4. The summed E-state index contributed by atoms with van der Waals surface area (Å²) in [7, 11) is -4.22. The van der Waals surface area contributed by atoms with Crippen molar-refractivity contribution in [2.24, 2.45) is 0 Å². The number of nitrogens with one attached hydrogen (secondary N) is 1. The number of hydrogen-bond donors (Lipinski definition) is 1. The van der Waals surface area contributed by atoms with E-state index < -0.39 is 40.2 Å². The second-order valence-electron chi connectivity index (χ2n) is 9.36. The molecule has 3 aromatic carbocycles. The van der Waals surface area contributed by atoms with Gasteiger partial charge < -0.3 is 10.2 Å². The highest BCUT2D eigenvalue weighted by atomic mass is 35.5. The van der Waals surface area contributed by atoms with Gasteiger partial charge in [-0.15, -0.1) is 0 Å². The first-order valence-corrected chi connectivity index (χ1v) is 14.4. The fraction of sp³-hybridized carbons (Fsp3) is 0.310. The number of carbonyl (C=O) groups excluding carboxylic acids is 2. The number of anilines is 1. The van der Waals surface area contributed by atoms with E-state index in [2.05, 4.69) is 5.32 Å². The molecule has 2 amide bonds. The molecule has 0 aliphatic rings. The van der Waals surface area contributed by atoms with Gasteiger partial charge in [0, 0.05) is 23.2 Å². The van der Waals surface area contributed by atoms with Gasteiger partial charge in [-0.3, -0.25) is 13.9 Å². The van der Waals surface area contributed by atoms with Crippen molar-refractivity contribution >= 4 is 39.1 Å². The number of hydrogen-bond acceptors (Lipinski definition) is 4. The Labute approximate surface area is 234 Å². The topological polar surface area (TPSA) is 86.8 Å². The lowest BCUT2D eigenvalue weighted by Crippen LogP contribution is -2.52. The molecule has 0 saturated heterocycles. The summed E-state index contributed by atoms with van der Waals surface area (Å²) in [6.45, 7) is 6.21. The molecule has 0 saturated carbocycles. The Balaban J connectivity index is 2.05. The van der Waals surface area contributed by atoms with Crippen molar-refractivity contribution in [3.8, 4) is 0 Å². The lowest BCUT2D eigenvalue weighted by Gasteiger charge is -2.33. The van der Waals surface area contributed by atoms with E-state index in [1.54, 1.807) is 44.2 Å². The van der Waals surface area contributed by atoms with Crippen LogP contribution in [0.15, 0.2) is 77.7 Å². The number of rotatable bonds is 11. The summed E-state index contributed by atoms with van der Waals surface area (Å²) in [6, 6.07) is 17.3. The van der Waals surface area contributed by atoms with Gasteiger partial charge in [0.25, 0.3) is 10.0 Å². The fourth-order valence-electron chi connectivity index (χ4n) is 3.95. The van der Waals surface area contributed by atoms with Crippen LogP contribution in [0.5, 0.6) is 0 Å². The highest BCUT2D eigenvalue weighted by Gasteiger charge is 2.33. The number of amides is 2. The van der Waals surface area contributed by atoms with Crippen molar-refractivity contribution in [3.63, 3.8) is 0 Å². The van der Waals surface area contributed by atoms with Crippen LogP contribution in [0.2, 0.25) is 5.02 Å². The molecule has 0 aliphatic heterocycles. The summed E-state index contributed by atoms with van der Waals surface area (Å²) in [5.74, 6) is -1.61. The average molecular weight is 574 g/mol. The summed E-state index contributed by atoms with van der Waals surface area (Å²) in [6.07, 6.45) is 0.681. The van der Waals surface area contributed by atoms with E-state index in [9.17, 15) is 22.4 Å². The second-order valence-corrected chi connectivity index (χ2v) is 11.7. The maximum atomic E-state index is 14.6. The molecule has 3 aromatic rings. The number of nitrogens with zero attached hydrogens (tertiary/aromatic N) is 2. The van der Waals surface area contributed by atoms with Gasteiger partial charge in [0.05, 0.1) is 10.6 Å². The molecular weight excluding hydrogens is 541 g/mol. The van der Waals surface area contributed by atoms with Crippen molar-refractivity contribution < 1.29 is 22.4 Å². The van der Waals surface area contributed by atoms with Gasteiger partial charge in [0.1, 0.15) is 18.4 Å². The SMILES string of the molecule is CC[C@@H](C)NC(=O)[C@@H](C)N(Cc1ccccc1F)C(=O)CN(c1ccccc1C)S(=O)(=O)c1ccc(Cl)cc1. The van der Waals surface area contributed by atoms with Crippen molar-refractivity contribution in [2.75, 3.05) is 10.8 Å². The molecule has 7 nitrogen and oxygen atoms in total. The monoisotopic (exact) mass is 573 g/mol. The normalized spacial score (nSPS) is 12.9. The zero-order valence-corrected chi connectivity index (χ0v) is 24.0. The molecule has 0 spiro atoms. The summed E-state index contributed by atoms with van der Waals surface area (Å²) in [4.78, 5) is 28.1. The molecule has 10 heteroatoms. The average Bonchev–Trinajstić information content (AvgIpc) is 2.91. The number of sulfonamides is 1. The minimum absolute atomic E-state index is 0.0498. The Hall–Kier alpha value is -3.43. The van der Waals surface area contributed by atoms with E-state index in [1.807, 2.05) is 13.8 Å². The number of halogens is 2. The lowest BCUT2D eigenvalue weighted by atomic mass is 10.1. The predicted octanol–water partition coefficient (Wildman–Crippen LogP) is 5.31. The Morgan fingerprint density at radius 3 is 2.21 bits per heavy atom. The summed E-state index contributed by atoms with van der Waals surface area (Å²) < 4.78 is 43.3. The van der Waals surface area contributed by atoms with Crippen LogP contribution >= 0.6 is 11.6 Å². The molecule has 0 radical (unpaired) electrons. The molecule has 3 rings (SSSR count). The van der Waals surface area contributed by atoms with Crippen molar-refractivity contribution in [3.05, 3.63) is 94.8 Å². The minimum Gasteiger partial charge on any atom is -0.352 e. The van der Waals surface area contributed by atoms with E-state index in [0.29, 0.717) is 22.7 Å². The van der Waals surface area contributed by atoms with Gasteiger partial charge in [0.15, 0.2) is 0 Å². The maximum absolute atomic E-state index is 14.6. The van der Waals surface area contributed by atoms with Gasteiger partial charge in [0.2, 0.25) is 11.8 Å². The number of aryl methyl sites for hydroxylation is 1. The standard InChI is InChI=1S/C29H33ClFN3O4S/c1-5-21(3)32-29(36)22(4)33(18-23-11-7-8-12-26(23)31)28(35)19-34(27-13-9-6-10-20(27)2)39(37,38)25-16-14-24(30)15-17-25/h6-17,21-22H,5,18-19H2,1-4H3,(H,32,36)/t21-,22-/m1/s1. The van der Waals surface area contributed by atoms with Crippen molar-refractivity contribution in [2.45, 2.75) is 57.6 Å². The molecule has 0 fully saturated rings. The van der Waals surface area contributed by atoms with Gasteiger partial charge in [-0.25, -0.2) is 12.8 Å². The van der Waals surface area contributed by atoms with Gasteiger partial charge >= 0.3 is 0 Å². The van der Waals surface area contributed by atoms with E-state index in [1.165, 1.54) is 47.4 Å². The first kappa shape index (κ1) is 30.1. The molecular formula is C29H33ClFN3O4S. The quantitative estimate of drug-likeness (QED) is 0.337. The third-order valence-electron chi connectivity index (χ3n) is 6.53. The molecule has 1 N–H and O–H groups in total. The minimum atomic E-state index is -4.22. The predicted molar refractivity (Wildman–Crippen MR) is 151 cm³/mol. The van der Waals surface area contributed by atoms with Crippen molar-refractivity contribution in [1.29, 1.82) is 0 Å². The number of carbonyl (C=O) groups is 2. The molecule has 0 bridgehead atoms. The van der Waals surface area contributed by atoms with Crippen LogP contribution in [-0.4, -0.2) is 43.8 Å². The maximum Gasteiger partial charge on any atom is 0.264 e. The van der Waals surface area contributed by atoms with Crippen LogP contribution in [0.3, 0.4) is 0 Å². The van der Waals surface area contributed by atoms with E-state index in [4.69, 9.17) is 11.6 Å². The van der Waals surface area contributed by atoms with Gasteiger partial charge in [-0.1, -0.05) is 54.9 Å². The first-order valence-electron chi connectivity index (χ1n) is 12.6. The highest BCUT2D eigenvalue weighted by Crippen LogP contribution is 2.28. The molecule has 0 aromatic heterocycles. The Bertz CT molecular complexity index is 1420. The third-order valence-corrected chi connectivity index (χ3v) is 8.56. The van der Waals surface area contributed by atoms with Gasteiger partial charge in [-0.2, -0.15) is 0 Å². The zero-order valence-electron chi connectivity index (χ0n) is 22.4. The summed E-state index contributed by atoms with van der Waals surface area (Å²) in [5, 5.41) is 3.22. The number of benzene rings is 3. The highest BCUT2D eigenvalue weighted by molar-refractivity contribution is 7.92. The molecule has 0 unspecified atom stereocenters. The Kier molecular flexibility index (Phi) is 10.1. The van der Waals surface area contributed by atoms with Crippen LogP contribution in [0.4, 0.5) is 10.1 Å². The van der Waals surface area contributed by atoms with Crippen LogP contribution in [0.25, 0.3) is 0 Å². The molecule has 0 heterocycles. The Morgan fingerprint density at radius 2 is 1.59 bits per heavy atom. The second kappa shape index (κ2) is 13.1. The molecule has 208 valence electrons. The molecule has 0 aliphatic carbocycles. The van der Waals surface area contributed by atoms with Crippen LogP contribution in [0.1, 0.15) is 38.3 Å². The van der Waals surface area contributed by atoms with E-state index >= 15 is 0 Å². The third kappa shape index (κ3) is 7.36. The van der Waals surface area contributed by atoms with E-state index in [0.717, 1.165) is 4.31 Å². The zero-order chi connectivity index (χ0) is 28.7. The fourth-order valence-corrected chi connectivity index (χ4v) is 5.55. The smallest absolute Gasteiger partial charge is 0.264 e. The lowest BCUT2D eigenvalue weighted by molar-refractivity contribution is -0.139. The van der Waals surface area contributed by atoms with E-state index in [-0.39, 0.29) is 23.0 Å².